The normalized spacial score (nSPS) is 12.3. The fourth-order valence-electron chi connectivity index (χ4n) is 1.82. The predicted octanol–water partition coefficient (Wildman–Crippen LogP) is 3.78. The van der Waals surface area contributed by atoms with Crippen LogP contribution in [0.1, 0.15) is 17.2 Å². The fraction of sp³-hybridized carbons (Fsp3) is 0.143. The van der Waals surface area contributed by atoms with Gasteiger partial charge in [-0.25, -0.2) is 8.78 Å². The zero-order chi connectivity index (χ0) is 14.0. The third kappa shape index (κ3) is 2.77. The molecule has 0 aromatic heterocycles. The first-order valence-electron chi connectivity index (χ1n) is 5.57. The molecular formula is C14H12BrF2NO. The van der Waals surface area contributed by atoms with Crippen molar-refractivity contribution in [3.8, 4) is 5.75 Å². The largest absolute Gasteiger partial charge is 0.494 e. The number of hydrogen-bond donors (Lipinski definition) is 1. The number of halogens is 3. The lowest BCUT2D eigenvalue weighted by atomic mass is 9.99. The minimum Gasteiger partial charge on any atom is -0.494 e. The van der Waals surface area contributed by atoms with Crippen LogP contribution in [0.15, 0.2) is 40.9 Å². The fourth-order valence-corrected chi connectivity index (χ4v) is 2.20. The first kappa shape index (κ1) is 14.0. The van der Waals surface area contributed by atoms with E-state index < -0.39 is 17.7 Å². The van der Waals surface area contributed by atoms with E-state index in [0.29, 0.717) is 15.6 Å². The lowest BCUT2D eigenvalue weighted by Crippen LogP contribution is -2.14. The molecule has 2 aromatic carbocycles. The van der Waals surface area contributed by atoms with Gasteiger partial charge in [0, 0.05) is 5.56 Å². The summed E-state index contributed by atoms with van der Waals surface area (Å²) in [5.74, 6) is -0.831. The number of nitrogens with two attached hydrogens (primary N) is 1. The van der Waals surface area contributed by atoms with Crippen molar-refractivity contribution in [3.05, 3.63) is 63.6 Å². The van der Waals surface area contributed by atoms with E-state index in [9.17, 15) is 8.78 Å². The smallest absolute Gasteiger partial charge is 0.165 e. The minimum atomic E-state index is -0.738. The average Bonchev–Trinajstić information content (AvgIpc) is 2.41. The van der Waals surface area contributed by atoms with Crippen LogP contribution in [0, 0.1) is 11.6 Å². The van der Waals surface area contributed by atoms with Crippen LogP contribution < -0.4 is 10.5 Å². The van der Waals surface area contributed by atoms with E-state index in [2.05, 4.69) is 15.9 Å². The summed E-state index contributed by atoms with van der Waals surface area (Å²) in [5.41, 5.74) is 6.76. The maximum atomic E-state index is 13.9. The van der Waals surface area contributed by atoms with Crippen LogP contribution in [-0.2, 0) is 0 Å². The van der Waals surface area contributed by atoms with Crippen molar-refractivity contribution in [2.75, 3.05) is 7.11 Å². The Kier molecular flexibility index (Phi) is 4.17. The van der Waals surface area contributed by atoms with Crippen LogP contribution >= 0.6 is 15.9 Å². The summed E-state index contributed by atoms with van der Waals surface area (Å²) < 4.78 is 32.7. The molecule has 1 atom stereocenters. The van der Waals surface area contributed by atoms with E-state index in [1.807, 2.05) is 0 Å². The Hall–Kier alpha value is -1.46. The maximum absolute atomic E-state index is 13.9. The Balaban J connectivity index is 2.41. The Morgan fingerprint density at radius 3 is 2.58 bits per heavy atom. The molecule has 1 unspecified atom stereocenters. The van der Waals surface area contributed by atoms with Crippen molar-refractivity contribution in [1.29, 1.82) is 0 Å². The van der Waals surface area contributed by atoms with Gasteiger partial charge in [0.15, 0.2) is 11.6 Å². The van der Waals surface area contributed by atoms with Crippen molar-refractivity contribution in [3.63, 3.8) is 0 Å². The van der Waals surface area contributed by atoms with Crippen LogP contribution in [0.2, 0.25) is 0 Å². The molecule has 0 radical (unpaired) electrons. The van der Waals surface area contributed by atoms with E-state index in [1.54, 1.807) is 24.3 Å². The standard InChI is InChI=1S/C14H12BrF2NO/c1-19-12-6-5-8(7-11(12)16)14(18)9-3-2-4-10(15)13(9)17/h2-7,14H,18H2,1H3. The van der Waals surface area contributed by atoms with Crippen LogP contribution in [0.4, 0.5) is 8.78 Å². The first-order valence-corrected chi connectivity index (χ1v) is 6.37. The van der Waals surface area contributed by atoms with Gasteiger partial charge in [-0.2, -0.15) is 0 Å². The molecular weight excluding hydrogens is 316 g/mol. The third-order valence-electron chi connectivity index (χ3n) is 2.85. The van der Waals surface area contributed by atoms with E-state index >= 15 is 0 Å². The van der Waals surface area contributed by atoms with Crippen molar-refractivity contribution >= 4 is 15.9 Å². The summed E-state index contributed by atoms with van der Waals surface area (Å²) in [6, 6.07) is 8.45. The number of methoxy groups -OCH3 is 1. The van der Waals surface area contributed by atoms with Crippen molar-refractivity contribution in [2.45, 2.75) is 6.04 Å². The lowest BCUT2D eigenvalue weighted by molar-refractivity contribution is 0.386. The Labute approximate surface area is 118 Å². The van der Waals surface area contributed by atoms with Gasteiger partial charge in [0.1, 0.15) is 5.82 Å². The Morgan fingerprint density at radius 1 is 1.21 bits per heavy atom. The third-order valence-corrected chi connectivity index (χ3v) is 3.46. The summed E-state index contributed by atoms with van der Waals surface area (Å²) in [4.78, 5) is 0. The van der Waals surface area contributed by atoms with E-state index in [4.69, 9.17) is 10.5 Å². The molecule has 2 N–H and O–H groups in total. The highest BCUT2D eigenvalue weighted by Gasteiger charge is 2.16. The van der Waals surface area contributed by atoms with Gasteiger partial charge in [-0.05, 0) is 39.7 Å². The van der Waals surface area contributed by atoms with Gasteiger partial charge in [-0.1, -0.05) is 18.2 Å². The van der Waals surface area contributed by atoms with Gasteiger partial charge in [0.2, 0.25) is 0 Å². The molecule has 0 saturated carbocycles. The molecule has 2 aromatic rings. The van der Waals surface area contributed by atoms with E-state index in [0.717, 1.165) is 0 Å². The summed E-state index contributed by atoms with van der Waals surface area (Å²) in [7, 11) is 1.38. The molecule has 2 nitrogen and oxygen atoms in total. The predicted molar refractivity (Wildman–Crippen MR) is 73.1 cm³/mol. The minimum absolute atomic E-state index is 0.130. The molecule has 100 valence electrons. The number of hydrogen-bond acceptors (Lipinski definition) is 2. The SMILES string of the molecule is COc1ccc(C(N)c2cccc(Br)c2F)cc1F. The maximum Gasteiger partial charge on any atom is 0.165 e. The van der Waals surface area contributed by atoms with Gasteiger partial charge in [-0.3, -0.25) is 0 Å². The summed E-state index contributed by atoms with van der Waals surface area (Å²) in [5, 5.41) is 0. The lowest BCUT2D eigenvalue weighted by Gasteiger charge is -2.15. The summed E-state index contributed by atoms with van der Waals surface area (Å²) >= 11 is 3.10. The van der Waals surface area contributed by atoms with Gasteiger partial charge in [-0.15, -0.1) is 0 Å². The molecule has 0 saturated heterocycles. The first-order chi connectivity index (χ1) is 9.04. The quantitative estimate of drug-likeness (QED) is 0.931. The van der Waals surface area contributed by atoms with Crippen molar-refractivity contribution in [1.82, 2.24) is 0 Å². The number of benzene rings is 2. The van der Waals surface area contributed by atoms with Crippen LogP contribution in [-0.4, -0.2) is 7.11 Å². The van der Waals surface area contributed by atoms with Gasteiger partial charge >= 0.3 is 0 Å². The molecule has 0 bridgehead atoms. The molecule has 5 heteroatoms. The van der Waals surface area contributed by atoms with Crippen molar-refractivity contribution < 1.29 is 13.5 Å². The topological polar surface area (TPSA) is 35.2 Å². The second-order valence-electron chi connectivity index (χ2n) is 4.01. The van der Waals surface area contributed by atoms with Gasteiger partial charge < -0.3 is 10.5 Å². The summed E-state index contributed by atoms with van der Waals surface area (Å²) in [6.07, 6.45) is 0. The van der Waals surface area contributed by atoms with Crippen molar-refractivity contribution in [2.24, 2.45) is 5.73 Å². The molecule has 0 fully saturated rings. The highest BCUT2D eigenvalue weighted by molar-refractivity contribution is 9.10. The zero-order valence-corrected chi connectivity index (χ0v) is 11.7. The molecule has 19 heavy (non-hydrogen) atoms. The number of ether oxygens (including phenoxy) is 1. The van der Waals surface area contributed by atoms with Gasteiger partial charge in [0.05, 0.1) is 17.6 Å². The zero-order valence-electron chi connectivity index (χ0n) is 10.2. The Bertz CT molecular complexity index is 604. The highest BCUT2D eigenvalue weighted by Crippen LogP contribution is 2.28. The Morgan fingerprint density at radius 2 is 1.95 bits per heavy atom. The van der Waals surface area contributed by atoms with E-state index in [1.165, 1.54) is 19.2 Å². The van der Waals surface area contributed by atoms with Crippen LogP contribution in [0.3, 0.4) is 0 Å². The second-order valence-corrected chi connectivity index (χ2v) is 4.87. The number of rotatable bonds is 3. The monoisotopic (exact) mass is 327 g/mol. The molecule has 0 aliphatic rings. The van der Waals surface area contributed by atoms with Gasteiger partial charge in [0.25, 0.3) is 0 Å². The molecule has 0 spiro atoms. The summed E-state index contributed by atoms with van der Waals surface area (Å²) in [6.45, 7) is 0. The van der Waals surface area contributed by atoms with Crippen LogP contribution in [0.25, 0.3) is 0 Å². The second kappa shape index (κ2) is 5.67. The highest BCUT2D eigenvalue weighted by atomic mass is 79.9. The average molecular weight is 328 g/mol. The van der Waals surface area contributed by atoms with E-state index in [-0.39, 0.29) is 5.75 Å². The molecule has 0 aliphatic heterocycles. The molecule has 0 heterocycles. The molecule has 0 aliphatic carbocycles. The molecule has 2 rings (SSSR count). The molecule has 0 amide bonds. The van der Waals surface area contributed by atoms with Crippen LogP contribution in [0.5, 0.6) is 5.75 Å².